The summed E-state index contributed by atoms with van der Waals surface area (Å²) in [7, 11) is 1.80. The average Bonchev–Trinajstić information content (AvgIpc) is 2.89. The predicted molar refractivity (Wildman–Crippen MR) is 59.7 cm³/mol. The molecule has 88 valence electrons. The van der Waals surface area contributed by atoms with Crippen molar-refractivity contribution in [2.45, 2.75) is 32.1 Å². The molecule has 5 heteroatoms. The van der Waals surface area contributed by atoms with Gasteiger partial charge in [0.2, 0.25) is 0 Å². The van der Waals surface area contributed by atoms with Gasteiger partial charge in [-0.15, -0.1) is 0 Å². The van der Waals surface area contributed by atoms with Crippen molar-refractivity contribution in [3.63, 3.8) is 0 Å². The van der Waals surface area contributed by atoms with Crippen molar-refractivity contribution in [1.29, 1.82) is 0 Å². The van der Waals surface area contributed by atoms with Crippen LogP contribution in [-0.2, 0) is 18.3 Å². The molecule has 5 nitrogen and oxygen atoms in total. The maximum atomic E-state index is 12.3. The molecule has 0 radical (unpaired) electrons. The molecule has 2 N–H and O–H groups in total. The highest BCUT2D eigenvalue weighted by atomic mass is 16.1. The highest BCUT2D eigenvalue weighted by molar-refractivity contribution is 5.86. The van der Waals surface area contributed by atoms with Crippen LogP contribution in [0, 0.1) is 5.41 Å². The van der Waals surface area contributed by atoms with Crippen LogP contribution < -0.4 is 5.73 Å². The number of ketones is 1. The summed E-state index contributed by atoms with van der Waals surface area (Å²) in [5.41, 5.74) is 5.49. The molecule has 0 aromatic carbocycles. The Labute approximate surface area is 95.0 Å². The summed E-state index contributed by atoms with van der Waals surface area (Å²) in [5.74, 6) is 0.952. The number of carbonyl (C=O) groups is 1. The summed E-state index contributed by atoms with van der Waals surface area (Å²) in [5, 5.41) is 3.97. The molecule has 0 atom stereocenters. The smallest absolute Gasteiger partial charge is 0.147 e. The fraction of sp³-hybridized carbons (Fsp3) is 0.727. The van der Waals surface area contributed by atoms with Gasteiger partial charge in [-0.1, -0.05) is 12.8 Å². The molecular formula is C11H18N4O. The van der Waals surface area contributed by atoms with Gasteiger partial charge in [0, 0.05) is 19.0 Å². The molecule has 0 amide bonds. The molecule has 0 saturated heterocycles. The van der Waals surface area contributed by atoms with Crippen molar-refractivity contribution in [1.82, 2.24) is 14.8 Å². The number of aryl methyl sites for hydroxylation is 1. The second kappa shape index (κ2) is 4.33. The first-order valence-corrected chi connectivity index (χ1v) is 5.74. The summed E-state index contributed by atoms with van der Waals surface area (Å²) in [6, 6.07) is 0. The van der Waals surface area contributed by atoms with E-state index in [0.717, 1.165) is 31.5 Å². The quantitative estimate of drug-likeness (QED) is 0.802. The van der Waals surface area contributed by atoms with Crippen LogP contribution in [0.1, 0.15) is 31.5 Å². The lowest BCUT2D eigenvalue weighted by molar-refractivity contribution is -0.127. The minimum Gasteiger partial charge on any atom is -0.329 e. The largest absolute Gasteiger partial charge is 0.329 e. The fourth-order valence-electron chi connectivity index (χ4n) is 2.46. The van der Waals surface area contributed by atoms with Crippen molar-refractivity contribution in [3.8, 4) is 0 Å². The van der Waals surface area contributed by atoms with Gasteiger partial charge in [-0.3, -0.25) is 9.48 Å². The lowest BCUT2D eigenvalue weighted by Gasteiger charge is -2.24. The standard InChI is InChI=1S/C11H18N4O/c1-15-10(13-8-14-15)6-9(16)11(7-12)4-2-3-5-11/h8H,2-7,12H2,1H3. The van der Waals surface area contributed by atoms with E-state index in [1.165, 1.54) is 6.33 Å². The lowest BCUT2D eigenvalue weighted by Crippen LogP contribution is -2.37. The van der Waals surface area contributed by atoms with E-state index in [2.05, 4.69) is 10.1 Å². The van der Waals surface area contributed by atoms with Crippen LogP contribution in [0.2, 0.25) is 0 Å². The maximum absolute atomic E-state index is 12.3. The first-order valence-electron chi connectivity index (χ1n) is 5.74. The first-order chi connectivity index (χ1) is 7.68. The van der Waals surface area contributed by atoms with Crippen LogP contribution in [0.4, 0.5) is 0 Å². The van der Waals surface area contributed by atoms with Gasteiger partial charge in [0.15, 0.2) is 0 Å². The number of rotatable bonds is 4. The van der Waals surface area contributed by atoms with E-state index in [0.29, 0.717) is 13.0 Å². The Morgan fingerprint density at radius 1 is 1.56 bits per heavy atom. The SMILES string of the molecule is Cn1ncnc1CC(=O)C1(CN)CCCC1. The third-order valence-electron chi connectivity index (χ3n) is 3.67. The zero-order chi connectivity index (χ0) is 11.6. The summed E-state index contributed by atoms with van der Waals surface area (Å²) in [6.07, 6.45) is 5.92. The second-order valence-electron chi connectivity index (χ2n) is 4.59. The molecule has 0 aliphatic heterocycles. The van der Waals surface area contributed by atoms with Crippen LogP contribution in [0.25, 0.3) is 0 Å². The van der Waals surface area contributed by atoms with Gasteiger partial charge in [-0.05, 0) is 12.8 Å². The van der Waals surface area contributed by atoms with Crippen LogP contribution in [0.5, 0.6) is 0 Å². The van der Waals surface area contributed by atoms with Crippen molar-refractivity contribution < 1.29 is 4.79 Å². The summed E-state index contributed by atoms with van der Waals surface area (Å²) in [4.78, 5) is 16.3. The van der Waals surface area contributed by atoms with Gasteiger partial charge in [-0.25, -0.2) is 4.98 Å². The summed E-state index contributed by atoms with van der Waals surface area (Å²) in [6.45, 7) is 0.462. The van der Waals surface area contributed by atoms with E-state index in [4.69, 9.17) is 5.73 Å². The zero-order valence-corrected chi connectivity index (χ0v) is 9.65. The monoisotopic (exact) mass is 222 g/mol. The number of aromatic nitrogens is 3. The number of hydrogen-bond acceptors (Lipinski definition) is 4. The lowest BCUT2D eigenvalue weighted by atomic mass is 9.80. The topological polar surface area (TPSA) is 73.8 Å². The van der Waals surface area contributed by atoms with Crippen molar-refractivity contribution in [2.75, 3.05) is 6.54 Å². The third kappa shape index (κ3) is 1.87. The van der Waals surface area contributed by atoms with Crippen LogP contribution in [0.15, 0.2) is 6.33 Å². The van der Waals surface area contributed by atoms with E-state index >= 15 is 0 Å². The van der Waals surface area contributed by atoms with Crippen molar-refractivity contribution in [2.24, 2.45) is 18.2 Å². The zero-order valence-electron chi connectivity index (χ0n) is 9.65. The predicted octanol–water partition coefficient (Wildman–Crippen LogP) is 0.446. The van der Waals surface area contributed by atoms with Gasteiger partial charge in [0.25, 0.3) is 0 Å². The van der Waals surface area contributed by atoms with Crippen LogP contribution >= 0.6 is 0 Å². The van der Waals surface area contributed by atoms with E-state index in [1.807, 2.05) is 0 Å². The third-order valence-corrected chi connectivity index (χ3v) is 3.67. The van der Waals surface area contributed by atoms with Crippen molar-refractivity contribution in [3.05, 3.63) is 12.2 Å². The number of nitrogens with zero attached hydrogens (tertiary/aromatic N) is 3. The van der Waals surface area contributed by atoms with E-state index in [-0.39, 0.29) is 11.2 Å². The molecule has 1 aliphatic rings. The average molecular weight is 222 g/mol. The minimum atomic E-state index is -0.286. The summed E-state index contributed by atoms with van der Waals surface area (Å²) < 4.78 is 1.65. The Balaban J connectivity index is 2.10. The Hall–Kier alpha value is -1.23. The van der Waals surface area contributed by atoms with E-state index < -0.39 is 0 Å². The molecule has 1 aromatic rings. The van der Waals surface area contributed by atoms with Crippen LogP contribution in [0.3, 0.4) is 0 Å². The van der Waals surface area contributed by atoms with Gasteiger partial charge in [0.05, 0.1) is 6.42 Å². The molecule has 1 aromatic heterocycles. The molecule has 1 saturated carbocycles. The van der Waals surface area contributed by atoms with E-state index in [9.17, 15) is 4.79 Å². The highest BCUT2D eigenvalue weighted by Crippen LogP contribution is 2.38. The first kappa shape index (κ1) is 11.3. The normalized spacial score (nSPS) is 18.9. The Morgan fingerprint density at radius 3 is 2.75 bits per heavy atom. The fourth-order valence-corrected chi connectivity index (χ4v) is 2.46. The maximum Gasteiger partial charge on any atom is 0.147 e. The minimum absolute atomic E-state index is 0.226. The Kier molecular flexibility index (Phi) is 3.05. The molecule has 0 unspecified atom stereocenters. The Bertz CT molecular complexity index is 379. The van der Waals surface area contributed by atoms with Gasteiger partial charge < -0.3 is 5.73 Å². The Morgan fingerprint density at radius 2 is 2.25 bits per heavy atom. The molecular weight excluding hydrogens is 204 g/mol. The molecule has 16 heavy (non-hydrogen) atoms. The van der Waals surface area contributed by atoms with Gasteiger partial charge >= 0.3 is 0 Å². The molecule has 1 heterocycles. The molecule has 2 rings (SSSR count). The summed E-state index contributed by atoms with van der Waals surface area (Å²) >= 11 is 0. The molecule has 0 bridgehead atoms. The van der Waals surface area contributed by atoms with Crippen molar-refractivity contribution >= 4 is 5.78 Å². The van der Waals surface area contributed by atoms with Gasteiger partial charge in [0.1, 0.15) is 17.9 Å². The highest BCUT2D eigenvalue weighted by Gasteiger charge is 2.39. The number of carbonyl (C=O) groups excluding carboxylic acids is 1. The number of Topliss-reactive ketones (excluding diaryl/α,β-unsaturated/α-hetero) is 1. The van der Waals surface area contributed by atoms with E-state index in [1.54, 1.807) is 11.7 Å². The molecule has 0 spiro atoms. The molecule has 1 aliphatic carbocycles. The molecule has 1 fully saturated rings. The van der Waals surface area contributed by atoms with Crippen LogP contribution in [-0.4, -0.2) is 27.1 Å². The van der Waals surface area contributed by atoms with Gasteiger partial charge in [-0.2, -0.15) is 5.10 Å². The second-order valence-corrected chi connectivity index (χ2v) is 4.59. The number of hydrogen-bond donors (Lipinski definition) is 1. The number of nitrogens with two attached hydrogens (primary N) is 1.